The maximum Gasteiger partial charge on any atom is 0.231 e. The molecule has 0 saturated heterocycles. The van der Waals surface area contributed by atoms with Gasteiger partial charge in [0.05, 0.1) is 31.6 Å². The third kappa shape index (κ3) is 3.31. The maximum absolute atomic E-state index is 5.47. The molecule has 7 nitrogen and oxygen atoms in total. The van der Waals surface area contributed by atoms with Crippen LogP contribution in [0.15, 0.2) is 41.5 Å². The molecule has 7 heteroatoms. The van der Waals surface area contributed by atoms with Crippen LogP contribution in [-0.4, -0.2) is 32.2 Å². The lowest BCUT2D eigenvalue weighted by Gasteiger charge is -2.09. The van der Waals surface area contributed by atoms with E-state index in [4.69, 9.17) is 18.9 Å². The minimum absolute atomic E-state index is 0.227. The Morgan fingerprint density at radius 3 is 2.59 bits per heavy atom. The lowest BCUT2D eigenvalue weighted by atomic mass is 10.1. The molecule has 2 heterocycles. The molecule has 4 rings (SSSR count). The first-order valence-electron chi connectivity index (χ1n) is 8.40. The van der Waals surface area contributed by atoms with E-state index < -0.39 is 0 Å². The average Bonchev–Trinajstić information content (AvgIpc) is 3.13. The average molecular weight is 365 g/mol. The van der Waals surface area contributed by atoms with Gasteiger partial charge in [-0.25, -0.2) is 0 Å². The number of aryl methyl sites for hydroxylation is 1. The number of aromatic nitrogens is 1. The standard InChI is InChI=1S/C20H19N3O4/c1-12-6-16(14-8-19-20(27-11-26-19)9-15(14)22-12)23-21-10-13-4-5-17(24-2)18(7-13)25-3/h4-10H,11H2,1-3H3,(H,22,23)/b21-10+. The SMILES string of the molecule is COc1ccc(/C=N/Nc2cc(C)nc3cc4c(cc23)OCO4)cc1OC. The first-order chi connectivity index (χ1) is 13.2. The maximum atomic E-state index is 5.47. The second kappa shape index (κ2) is 7.03. The molecular formula is C20H19N3O4. The fraction of sp³-hybridized carbons (Fsp3) is 0.200. The van der Waals surface area contributed by atoms with Crippen molar-refractivity contribution in [3.8, 4) is 23.0 Å². The highest BCUT2D eigenvalue weighted by Gasteiger charge is 2.16. The van der Waals surface area contributed by atoms with Gasteiger partial charge in [-0.2, -0.15) is 5.10 Å². The topological polar surface area (TPSA) is 74.2 Å². The van der Waals surface area contributed by atoms with Crippen LogP contribution in [0.2, 0.25) is 0 Å². The molecule has 0 amide bonds. The van der Waals surface area contributed by atoms with Gasteiger partial charge in [0.1, 0.15) is 0 Å². The summed E-state index contributed by atoms with van der Waals surface area (Å²) >= 11 is 0. The molecule has 138 valence electrons. The van der Waals surface area contributed by atoms with E-state index in [0.717, 1.165) is 27.8 Å². The van der Waals surface area contributed by atoms with Crippen molar-refractivity contribution < 1.29 is 18.9 Å². The van der Waals surface area contributed by atoms with Crippen LogP contribution in [0.25, 0.3) is 10.9 Å². The summed E-state index contributed by atoms with van der Waals surface area (Å²) in [6.45, 7) is 2.16. The smallest absolute Gasteiger partial charge is 0.231 e. The molecule has 0 aliphatic carbocycles. The Balaban J connectivity index is 1.63. The quantitative estimate of drug-likeness (QED) is 0.548. The van der Waals surface area contributed by atoms with Gasteiger partial charge in [0.15, 0.2) is 23.0 Å². The summed E-state index contributed by atoms with van der Waals surface area (Å²) in [5.74, 6) is 2.74. The van der Waals surface area contributed by atoms with Crippen molar-refractivity contribution in [2.75, 3.05) is 26.4 Å². The Hall–Kier alpha value is -3.48. The number of methoxy groups -OCH3 is 2. The molecule has 1 N–H and O–H groups in total. The number of benzene rings is 2. The molecule has 0 bridgehead atoms. The second-order valence-electron chi connectivity index (χ2n) is 6.02. The number of hydrazone groups is 1. The van der Waals surface area contributed by atoms with Crippen molar-refractivity contribution in [2.24, 2.45) is 5.10 Å². The van der Waals surface area contributed by atoms with Gasteiger partial charge in [0.2, 0.25) is 6.79 Å². The summed E-state index contributed by atoms with van der Waals surface area (Å²) in [6.07, 6.45) is 1.72. The summed E-state index contributed by atoms with van der Waals surface area (Å²) in [7, 11) is 3.21. The Morgan fingerprint density at radius 1 is 1.04 bits per heavy atom. The number of hydrogen-bond acceptors (Lipinski definition) is 7. The molecule has 1 aromatic heterocycles. The van der Waals surface area contributed by atoms with Gasteiger partial charge in [0.25, 0.3) is 0 Å². The van der Waals surface area contributed by atoms with E-state index in [1.807, 2.05) is 43.3 Å². The molecule has 0 atom stereocenters. The van der Waals surface area contributed by atoms with Gasteiger partial charge in [-0.1, -0.05) is 0 Å². The number of nitrogens with one attached hydrogen (secondary N) is 1. The van der Waals surface area contributed by atoms with E-state index in [2.05, 4.69) is 15.5 Å². The molecule has 0 saturated carbocycles. The monoisotopic (exact) mass is 365 g/mol. The van der Waals surface area contributed by atoms with Gasteiger partial charge < -0.3 is 18.9 Å². The van der Waals surface area contributed by atoms with Crippen molar-refractivity contribution in [3.05, 3.63) is 47.7 Å². The van der Waals surface area contributed by atoms with Gasteiger partial charge in [0, 0.05) is 17.1 Å². The highest BCUT2D eigenvalue weighted by Crippen LogP contribution is 2.38. The third-order valence-electron chi connectivity index (χ3n) is 4.24. The lowest BCUT2D eigenvalue weighted by molar-refractivity contribution is 0.174. The zero-order chi connectivity index (χ0) is 18.8. The molecular weight excluding hydrogens is 346 g/mol. The molecule has 2 aromatic carbocycles. The molecule has 1 aliphatic heterocycles. The summed E-state index contributed by atoms with van der Waals surface area (Å²) in [6, 6.07) is 11.3. The predicted octanol–water partition coefficient (Wildman–Crippen LogP) is 3.74. The van der Waals surface area contributed by atoms with Crippen molar-refractivity contribution in [3.63, 3.8) is 0 Å². The summed E-state index contributed by atoms with van der Waals surface area (Å²) in [5, 5.41) is 5.27. The van der Waals surface area contributed by atoms with Crippen molar-refractivity contribution >= 4 is 22.8 Å². The zero-order valence-corrected chi connectivity index (χ0v) is 15.3. The van der Waals surface area contributed by atoms with Crippen LogP contribution in [0.4, 0.5) is 5.69 Å². The summed E-state index contributed by atoms with van der Waals surface area (Å²) < 4.78 is 21.5. The van der Waals surface area contributed by atoms with Gasteiger partial charge in [-0.3, -0.25) is 10.4 Å². The van der Waals surface area contributed by atoms with Gasteiger partial charge in [-0.05, 0) is 42.8 Å². The van der Waals surface area contributed by atoms with E-state index in [9.17, 15) is 0 Å². The van der Waals surface area contributed by atoms with Crippen LogP contribution < -0.4 is 24.4 Å². The predicted molar refractivity (Wildman–Crippen MR) is 103 cm³/mol. The van der Waals surface area contributed by atoms with Crippen LogP contribution in [0, 0.1) is 6.92 Å². The number of fused-ring (bicyclic) bond motifs is 2. The van der Waals surface area contributed by atoms with Crippen LogP contribution in [0.1, 0.15) is 11.3 Å². The summed E-state index contributed by atoms with van der Waals surface area (Å²) in [4.78, 5) is 4.56. The Labute approximate surface area is 156 Å². The minimum atomic E-state index is 0.227. The highest BCUT2D eigenvalue weighted by atomic mass is 16.7. The Morgan fingerprint density at radius 2 is 1.81 bits per heavy atom. The van der Waals surface area contributed by atoms with E-state index >= 15 is 0 Å². The minimum Gasteiger partial charge on any atom is -0.493 e. The Bertz CT molecular complexity index is 1030. The largest absolute Gasteiger partial charge is 0.493 e. The first kappa shape index (κ1) is 17.0. The van der Waals surface area contributed by atoms with Crippen LogP contribution in [0.3, 0.4) is 0 Å². The number of nitrogens with zero attached hydrogens (tertiary/aromatic N) is 2. The van der Waals surface area contributed by atoms with Crippen molar-refractivity contribution in [1.29, 1.82) is 0 Å². The summed E-state index contributed by atoms with van der Waals surface area (Å²) in [5.41, 5.74) is 6.52. The number of hydrogen-bond donors (Lipinski definition) is 1. The molecule has 27 heavy (non-hydrogen) atoms. The molecule has 1 aliphatic rings. The normalized spacial score (nSPS) is 12.6. The fourth-order valence-electron chi connectivity index (χ4n) is 2.95. The van der Waals surface area contributed by atoms with Crippen LogP contribution in [-0.2, 0) is 0 Å². The molecule has 0 unspecified atom stereocenters. The lowest BCUT2D eigenvalue weighted by Crippen LogP contribution is -1.96. The fourth-order valence-corrected chi connectivity index (χ4v) is 2.95. The number of anilines is 1. The van der Waals surface area contributed by atoms with Crippen LogP contribution >= 0.6 is 0 Å². The van der Waals surface area contributed by atoms with E-state index in [1.54, 1.807) is 20.4 Å². The Kier molecular flexibility index (Phi) is 4.42. The molecule has 3 aromatic rings. The molecule has 0 fully saturated rings. The number of ether oxygens (including phenoxy) is 4. The zero-order valence-electron chi connectivity index (χ0n) is 15.3. The van der Waals surface area contributed by atoms with Gasteiger partial charge in [-0.15, -0.1) is 0 Å². The molecule has 0 radical (unpaired) electrons. The van der Waals surface area contributed by atoms with Crippen LogP contribution in [0.5, 0.6) is 23.0 Å². The van der Waals surface area contributed by atoms with Crippen molar-refractivity contribution in [2.45, 2.75) is 6.92 Å². The second-order valence-corrected chi connectivity index (χ2v) is 6.02. The first-order valence-corrected chi connectivity index (χ1v) is 8.40. The van der Waals surface area contributed by atoms with E-state index in [-0.39, 0.29) is 6.79 Å². The third-order valence-corrected chi connectivity index (χ3v) is 4.24. The molecule has 0 spiro atoms. The number of pyridine rings is 1. The van der Waals surface area contributed by atoms with E-state index in [1.165, 1.54) is 0 Å². The van der Waals surface area contributed by atoms with Gasteiger partial charge >= 0.3 is 0 Å². The van der Waals surface area contributed by atoms with Crippen molar-refractivity contribution in [1.82, 2.24) is 4.98 Å². The van der Waals surface area contributed by atoms with E-state index in [0.29, 0.717) is 23.0 Å². The number of rotatable bonds is 5. The highest BCUT2D eigenvalue weighted by molar-refractivity contribution is 5.94.